The van der Waals surface area contributed by atoms with Crippen molar-refractivity contribution in [2.24, 2.45) is 29.4 Å². The van der Waals surface area contributed by atoms with E-state index in [1.54, 1.807) is 23.1 Å². The molecule has 3 N–H and O–H groups in total. The van der Waals surface area contributed by atoms with Crippen molar-refractivity contribution in [2.45, 2.75) is 89.1 Å². The van der Waals surface area contributed by atoms with Crippen LogP contribution in [0.4, 0.5) is 8.78 Å². The van der Waals surface area contributed by atoms with Crippen molar-refractivity contribution in [1.29, 1.82) is 0 Å². The van der Waals surface area contributed by atoms with Crippen LogP contribution in [0, 0.1) is 23.7 Å². The fourth-order valence-electron chi connectivity index (χ4n) is 7.34. The average Bonchev–Trinajstić information content (AvgIpc) is 3.58. The zero-order chi connectivity index (χ0) is 27.7. The van der Waals surface area contributed by atoms with E-state index in [9.17, 15) is 28.3 Å². The summed E-state index contributed by atoms with van der Waals surface area (Å²) in [6, 6.07) is 5.06. The van der Waals surface area contributed by atoms with E-state index in [0.717, 1.165) is 37.7 Å². The number of nitrogens with two attached hydrogens (primary N) is 1. The van der Waals surface area contributed by atoms with Crippen LogP contribution in [0.5, 0.6) is 0 Å². The summed E-state index contributed by atoms with van der Waals surface area (Å²) in [6.07, 6.45) is 6.11. The first-order valence-electron chi connectivity index (χ1n) is 14.4. The summed E-state index contributed by atoms with van der Waals surface area (Å²) in [6.45, 7) is 0.551. The molecule has 212 valence electrons. The van der Waals surface area contributed by atoms with Crippen molar-refractivity contribution in [3.8, 4) is 0 Å². The highest BCUT2D eigenvalue weighted by atomic mass is 19.3. The SMILES string of the molecule is N[C@H](C(F)F)C1CCC(C(=O)N2CC[C@@H](C3CCCCC3)[C@H]2C(=O)Cc2ccc3oc(C(=O)O)cc3c2)CC1. The topological polar surface area (TPSA) is 114 Å². The number of benzene rings is 1. The molecule has 3 aliphatic rings. The maximum Gasteiger partial charge on any atom is 0.371 e. The number of carbonyl (C=O) groups is 3. The Bertz CT molecular complexity index is 1200. The number of halogens is 2. The van der Waals surface area contributed by atoms with Crippen LogP contribution < -0.4 is 5.73 Å². The molecule has 1 saturated heterocycles. The van der Waals surface area contributed by atoms with E-state index in [1.165, 1.54) is 12.5 Å². The van der Waals surface area contributed by atoms with Crippen LogP contribution in [0.2, 0.25) is 0 Å². The van der Waals surface area contributed by atoms with Crippen LogP contribution in [-0.4, -0.2) is 52.7 Å². The van der Waals surface area contributed by atoms with Gasteiger partial charge in [0.15, 0.2) is 5.78 Å². The number of rotatable bonds is 8. The molecule has 5 rings (SSSR count). The Balaban J connectivity index is 1.33. The molecular formula is C30H38F2N2O5. The number of aromatic carboxylic acids is 1. The van der Waals surface area contributed by atoms with Gasteiger partial charge in [-0.1, -0.05) is 38.2 Å². The first-order valence-corrected chi connectivity index (χ1v) is 14.4. The van der Waals surface area contributed by atoms with Gasteiger partial charge in [0.05, 0.1) is 12.1 Å². The lowest BCUT2D eigenvalue weighted by atomic mass is 9.75. The summed E-state index contributed by atoms with van der Waals surface area (Å²) in [5.74, 6) is -1.31. The molecule has 2 aromatic rings. The number of fused-ring (bicyclic) bond motifs is 1. The second kappa shape index (κ2) is 11.7. The Morgan fingerprint density at radius 2 is 1.72 bits per heavy atom. The lowest BCUT2D eigenvalue weighted by Crippen LogP contribution is -2.49. The minimum atomic E-state index is -2.56. The molecule has 3 atom stereocenters. The molecule has 7 nitrogen and oxygen atoms in total. The first-order chi connectivity index (χ1) is 18.7. The zero-order valence-corrected chi connectivity index (χ0v) is 22.2. The Kier molecular flexibility index (Phi) is 8.35. The van der Waals surface area contributed by atoms with Crippen molar-refractivity contribution in [3.63, 3.8) is 0 Å². The quantitative estimate of drug-likeness (QED) is 0.458. The maximum absolute atomic E-state index is 13.9. The largest absolute Gasteiger partial charge is 0.475 e. The molecule has 0 radical (unpaired) electrons. The normalized spacial score (nSPS) is 27.2. The maximum atomic E-state index is 13.9. The Hall–Kier alpha value is -2.81. The lowest BCUT2D eigenvalue weighted by Gasteiger charge is -2.37. The molecule has 2 heterocycles. The first kappa shape index (κ1) is 27.7. The van der Waals surface area contributed by atoms with Crippen LogP contribution in [0.1, 0.15) is 80.3 Å². The van der Waals surface area contributed by atoms with Crippen LogP contribution in [-0.2, 0) is 16.0 Å². The van der Waals surface area contributed by atoms with Gasteiger partial charge >= 0.3 is 5.97 Å². The smallest absolute Gasteiger partial charge is 0.371 e. The van der Waals surface area contributed by atoms with Gasteiger partial charge in [0, 0.05) is 24.3 Å². The van der Waals surface area contributed by atoms with Gasteiger partial charge in [-0.3, -0.25) is 9.59 Å². The standard InChI is InChI=1S/C30H38F2N2O5/c31-28(32)26(33)19-7-9-20(10-8-19)29(36)34-13-12-22(18-4-2-1-3-5-18)27(34)23(35)15-17-6-11-24-21(14-17)16-25(39-24)30(37)38/h6,11,14,16,18-20,22,26-28H,1-5,7-10,12-13,15,33H2,(H,37,38)/t19?,20?,22-,26-,27-/m0/s1. The highest BCUT2D eigenvalue weighted by Crippen LogP contribution is 2.41. The van der Waals surface area contributed by atoms with Crippen molar-refractivity contribution < 1.29 is 32.7 Å². The molecule has 1 amide bonds. The second-order valence-corrected chi connectivity index (χ2v) is 11.8. The fraction of sp³-hybridized carbons (Fsp3) is 0.633. The van der Waals surface area contributed by atoms with E-state index >= 15 is 0 Å². The molecular weight excluding hydrogens is 506 g/mol. The molecule has 1 aromatic heterocycles. The average molecular weight is 545 g/mol. The van der Waals surface area contributed by atoms with Crippen LogP contribution in [0.15, 0.2) is 28.7 Å². The third-order valence-corrected chi connectivity index (χ3v) is 9.44. The minimum Gasteiger partial charge on any atom is -0.475 e. The number of carboxylic acid groups (broad SMARTS) is 1. The molecule has 1 aliphatic heterocycles. The second-order valence-electron chi connectivity index (χ2n) is 11.8. The van der Waals surface area contributed by atoms with E-state index < -0.39 is 24.5 Å². The third-order valence-electron chi connectivity index (χ3n) is 9.44. The summed E-state index contributed by atoms with van der Waals surface area (Å²) in [5.41, 5.74) is 6.90. The number of hydrogen-bond donors (Lipinski definition) is 2. The monoisotopic (exact) mass is 544 g/mol. The van der Waals surface area contributed by atoms with Crippen molar-refractivity contribution >= 4 is 28.6 Å². The number of carboxylic acids is 1. The third kappa shape index (κ3) is 5.88. The van der Waals surface area contributed by atoms with E-state index in [1.807, 2.05) is 0 Å². The molecule has 2 aliphatic carbocycles. The number of ketones is 1. The zero-order valence-electron chi connectivity index (χ0n) is 22.2. The number of likely N-dealkylation sites (tertiary alicyclic amines) is 1. The highest BCUT2D eigenvalue weighted by molar-refractivity contribution is 5.94. The van der Waals surface area contributed by atoms with Gasteiger partial charge in [0.25, 0.3) is 6.43 Å². The van der Waals surface area contributed by atoms with Crippen LogP contribution >= 0.6 is 0 Å². The highest BCUT2D eigenvalue weighted by Gasteiger charge is 2.46. The Labute approximate surface area is 227 Å². The summed E-state index contributed by atoms with van der Waals surface area (Å²) in [4.78, 5) is 40.8. The number of nitrogens with zero attached hydrogens (tertiary/aromatic N) is 1. The fourth-order valence-corrected chi connectivity index (χ4v) is 7.34. The number of alkyl halides is 2. The minimum absolute atomic E-state index is 0.00568. The molecule has 39 heavy (non-hydrogen) atoms. The number of Topliss-reactive ketones (excluding diaryl/α,β-unsaturated/α-hetero) is 1. The van der Waals surface area contributed by atoms with E-state index in [4.69, 9.17) is 10.2 Å². The summed E-state index contributed by atoms with van der Waals surface area (Å²) < 4.78 is 31.6. The number of carbonyl (C=O) groups excluding carboxylic acids is 2. The molecule has 0 spiro atoms. The van der Waals surface area contributed by atoms with Gasteiger partial charge in [-0.15, -0.1) is 0 Å². The van der Waals surface area contributed by atoms with E-state index in [-0.39, 0.29) is 41.6 Å². The molecule has 3 fully saturated rings. The van der Waals surface area contributed by atoms with Gasteiger partial charge < -0.3 is 20.2 Å². The summed E-state index contributed by atoms with van der Waals surface area (Å²) in [5, 5.41) is 9.85. The number of amides is 1. The Morgan fingerprint density at radius 3 is 2.38 bits per heavy atom. The van der Waals surface area contributed by atoms with Gasteiger partial charge in [-0.2, -0.15) is 0 Å². The molecule has 0 unspecified atom stereocenters. The van der Waals surface area contributed by atoms with Crippen molar-refractivity contribution in [3.05, 3.63) is 35.6 Å². The molecule has 1 aromatic carbocycles. The van der Waals surface area contributed by atoms with Crippen LogP contribution in [0.3, 0.4) is 0 Å². The summed E-state index contributed by atoms with van der Waals surface area (Å²) in [7, 11) is 0. The van der Waals surface area contributed by atoms with Crippen molar-refractivity contribution in [2.75, 3.05) is 6.54 Å². The van der Waals surface area contributed by atoms with Gasteiger partial charge in [0.1, 0.15) is 5.58 Å². The van der Waals surface area contributed by atoms with E-state index in [2.05, 4.69) is 0 Å². The van der Waals surface area contributed by atoms with Crippen LogP contribution in [0.25, 0.3) is 11.0 Å². The molecule has 9 heteroatoms. The number of hydrogen-bond acceptors (Lipinski definition) is 5. The molecule has 0 bridgehead atoms. The van der Waals surface area contributed by atoms with Gasteiger partial charge in [0.2, 0.25) is 11.7 Å². The number of furan rings is 1. The van der Waals surface area contributed by atoms with Crippen molar-refractivity contribution in [1.82, 2.24) is 4.90 Å². The lowest BCUT2D eigenvalue weighted by molar-refractivity contribution is -0.143. The Morgan fingerprint density at radius 1 is 1.00 bits per heavy atom. The predicted octanol–water partition coefficient (Wildman–Crippen LogP) is 5.44. The van der Waals surface area contributed by atoms with Gasteiger partial charge in [-0.25, -0.2) is 13.6 Å². The molecule has 2 saturated carbocycles. The van der Waals surface area contributed by atoms with E-state index in [0.29, 0.717) is 49.1 Å². The van der Waals surface area contributed by atoms with Gasteiger partial charge in [-0.05, 0) is 73.6 Å². The predicted molar refractivity (Wildman–Crippen MR) is 141 cm³/mol. The summed E-state index contributed by atoms with van der Waals surface area (Å²) >= 11 is 0.